The lowest BCUT2D eigenvalue weighted by Crippen LogP contribution is -1.88. The van der Waals surface area contributed by atoms with Gasteiger partial charge in [-0.15, -0.1) is 0 Å². The van der Waals surface area contributed by atoms with Crippen molar-refractivity contribution in [3.63, 3.8) is 0 Å². The minimum Gasteiger partial charge on any atom is -0.456 e. The van der Waals surface area contributed by atoms with Crippen LogP contribution in [0.25, 0.3) is 55.1 Å². The highest BCUT2D eigenvalue weighted by Crippen LogP contribution is 2.39. The van der Waals surface area contributed by atoms with Gasteiger partial charge >= 0.3 is 0 Å². The largest absolute Gasteiger partial charge is 0.456 e. The summed E-state index contributed by atoms with van der Waals surface area (Å²) in [6.45, 7) is 0. The highest BCUT2D eigenvalue weighted by Gasteiger charge is 2.19. The molecule has 0 amide bonds. The topological polar surface area (TPSA) is 26.0 Å². The number of nitrogens with zero attached hydrogens (tertiary/aromatic N) is 1. The molecule has 2 nitrogen and oxygen atoms in total. The van der Waals surface area contributed by atoms with Gasteiger partial charge in [0.15, 0.2) is 0 Å². The Balaban J connectivity index is 1.67. The van der Waals surface area contributed by atoms with E-state index in [0.29, 0.717) is 16.7 Å². The maximum absolute atomic E-state index is 14.4. The summed E-state index contributed by atoms with van der Waals surface area (Å²) < 4.78 is 34.6. The maximum atomic E-state index is 14.4. The van der Waals surface area contributed by atoms with Crippen LogP contribution in [0.5, 0.6) is 0 Å². The lowest BCUT2D eigenvalue weighted by molar-refractivity contribution is 0.566. The van der Waals surface area contributed by atoms with E-state index in [-0.39, 0.29) is 11.3 Å². The number of halogens is 2. The average Bonchev–Trinajstić information content (AvgIpc) is 3.22. The van der Waals surface area contributed by atoms with Gasteiger partial charge in [-0.1, -0.05) is 54.6 Å². The Morgan fingerprint density at radius 1 is 0.645 bits per heavy atom. The highest BCUT2D eigenvalue weighted by atomic mass is 19.1. The molecule has 31 heavy (non-hydrogen) atoms. The van der Waals surface area contributed by atoms with Crippen molar-refractivity contribution in [2.45, 2.75) is 0 Å². The summed E-state index contributed by atoms with van der Waals surface area (Å²) in [6.07, 6.45) is 1.66. The molecule has 2 aromatic heterocycles. The first-order chi connectivity index (χ1) is 15.2. The van der Waals surface area contributed by atoms with Crippen LogP contribution in [0.3, 0.4) is 0 Å². The van der Waals surface area contributed by atoms with Gasteiger partial charge in [-0.05, 0) is 51.9 Å². The molecule has 148 valence electrons. The second kappa shape index (κ2) is 6.74. The van der Waals surface area contributed by atoms with E-state index < -0.39 is 11.6 Å². The van der Waals surface area contributed by atoms with Crippen molar-refractivity contribution in [1.29, 1.82) is 0 Å². The molecule has 0 spiro atoms. The first kappa shape index (κ1) is 17.8. The predicted octanol–water partition coefficient (Wildman–Crippen LogP) is 7.75. The second-order valence-electron chi connectivity index (χ2n) is 7.47. The van der Waals surface area contributed by atoms with E-state index in [1.165, 1.54) is 18.2 Å². The van der Waals surface area contributed by atoms with Crippen LogP contribution in [-0.2, 0) is 0 Å². The molecule has 0 atom stereocenters. The maximum Gasteiger partial charge on any atom is 0.141 e. The normalized spacial score (nSPS) is 11.5. The molecule has 4 aromatic carbocycles. The lowest BCUT2D eigenvalue weighted by atomic mass is 9.94. The molecule has 0 radical (unpaired) electrons. The zero-order chi connectivity index (χ0) is 20.9. The fraction of sp³-hybridized carbons (Fsp3) is 0. The standard InChI is InChI=1S/C27H15F2NO/c28-22-10-5-11-23(29)26(22)25-15-21-24(31-25)12-13-30-27(21)20-14-16-6-1-2-7-17(16)18-8-3-4-9-19(18)20/h1-15H. The predicted molar refractivity (Wildman–Crippen MR) is 120 cm³/mol. The Morgan fingerprint density at radius 3 is 2.16 bits per heavy atom. The van der Waals surface area contributed by atoms with Crippen molar-refractivity contribution in [3.05, 3.63) is 103 Å². The number of aromatic nitrogens is 1. The van der Waals surface area contributed by atoms with Crippen molar-refractivity contribution in [1.82, 2.24) is 4.98 Å². The van der Waals surface area contributed by atoms with Gasteiger partial charge in [-0.25, -0.2) is 8.78 Å². The first-order valence-electron chi connectivity index (χ1n) is 9.94. The third kappa shape index (κ3) is 2.72. The molecule has 0 bridgehead atoms. The van der Waals surface area contributed by atoms with Gasteiger partial charge in [0.2, 0.25) is 0 Å². The molecule has 6 rings (SSSR count). The van der Waals surface area contributed by atoms with Crippen LogP contribution >= 0.6 is 0 Å². The van der Waals surface area contributed by atoms with Gasteiger partial charge in [0.05, 0.1) is 11.3 Å². The van der Waals surface area contributed by atoms with E-state index in [4.69, 9.17) is 4.42 Å². The Hall–Kier alpha value is -4.05. The molecule has 4 heteroatoms. The molecule has 2 heterocycles. The summed E-state index contributed by atoms with van der Waals surface area (Å²) in [5.41, 5.74) is 2.01. The molecule has 0 N–H and O–H groups in total. The highest BCUT2D eigenvalue weighted by molar-refractivity contribution is 6.15. The molecule has 6 aromatic rings. The Kier molecular flexibility index (Phi) is 3.87. The third-order valence-corrected chi connectivity index (χ3v) is 5.68. The number of hydrogen-bond donors (Lipinski definition) is 0. The van der Waals surface area contributed by atoms with Crippen molar-refractivity contribution in [2.75, 3.05) is 0 Å². The number of furan rings is 1. The van der Waals surface area contributed by atoms with Crippen molar-refractivity contribution in [2.24, 2.45) is 0 Å². The summed E-state index contributed by atoms with van der Waals surface area (Å²) in [7, 11) is 0. The van der Waals surface area contributed by atoms with E-state index in [0.717, 1.165) is 27.1 Å². The van der Waals surface area contributed by atoms with Crippen molar-refractivity contribution >= 4 is 32.5 Å². The summed E-state index contributed by atoms with van der Waals surface area (Å²) in [5.74, 6) is -1.18. The molecule has 0 aliphatic rings. The molecule has 0 aliphatic heterocycles. The molecule has 0 saturated heterocycles. The average molecular weight is 407 g/mol. The number of benzene rings is 4. The number of fused-ring (bicyclic) bond motifs is 4. The molecule has 0 saturated carbocycles. The van der Waals surface area contributed by atoms with Crippen molar-refractivity contribution < 1.29 is 13.2 Å². The molecule has 0 unspecified atom stereocenters. The van der Waals surface area contributed by atoms with Crippen LogP contribution in [0.15, 0.2) is 95.5 Å². The summed E-state index contributed by atoms with van der Waals surface area (Å²) >= 11 is 0. The SMILES string of the molecule is Fc1cccc(F)c1-c1cc2c(-c3cc4ccccc4c4ccccc34)nccc2o1. The van der Waals surface area contributed by atoms with E-state index >= 15 is 0 Å². The van der Waals surface area contributed by atoms with E-state index in [1.54, 1.807) is 18.3 Å². The fourth-order valence-electron chi connectivity index (χ4n) is 4.28. The van der Waals surface area contributed by atoms with Gasteiger partial charge in [0.25, 0.3) is 0 Å². The van der Waals surface area contributed by atoms with Crippen LogP contribution in [-0.4, -0.2) is 4.98 Å². The zero-order valence-corrected chi connectivity index (χ0v) is 16.3. The zero-order valence-electron chi connectivity index (χ0n) is 16.3. The molecular weight excluding hydrogens is 392 g/mol. The van der Waals surface area contributed by atoms with Gasteiger partial charge in [0, 0.05) is 17.1 Å². The van der Waals surface area contributed by atoms with Gasteiger partial charge in [-0.2, -0.15) is 0 Å². The Bertz CT molecular complexity index is 1600. The summed E-state index contributed by atoms with van der Waals surface area (Å²) in [6, 6.07) is 25.7. The number of hydrogen-bond acceptors (Lipinski definition) is 2. The Morgan fingerprint density at radius 2 is 1.35 bits per heavy atom. The number of pyridine rings is 1. The first-order valence-corrected chi connectivity index (χ1v) is 9.94. The van der Waals surface area contributed by atoms with Crippen LogP contribution in [0, 0.1) is 11.6 Å². The van der Waals surface area contributed by atoms with Crippen LogP contribution in [0.1, 0.15) is 0 Å². The summed E-state index contributed by atoms with van der Waals surface area (Å²) in [4.78, 5) is 4.64. The van der Waals surface area contributed by atoms with Gasteiger partial charge in [0.1, 0.15) is 23.0 Å². The number of rotatable bonds is 2. The lowest BCUT2D eigenvalue weighted by Gasteiger charge is -2.10. The van der Waals surface area contributed by atoms with Crippen LogP contribution < -0.4 is 0 Å². The molecule has 0 aliphatic carbocycles. The van der Waals surface area contributed by atoms with Gasteiger partial charge in [-0.3, -0.25) is 4.98 Å². The van der Waals surface area contributed by atoms with E-state index in [2.05, 4.69) is 35.3 Å². The third-order valence-electron chi connectivity index (χ3n) is 5.68. The molecule has 0 fully saturated rings. The fourth-order valence-corrected chi connectivity index (χ4v) is 4.28. The van der Waals surface area contributed by atoms with Crippen LogP contribution in [0.4, 0.5) is 8.78 Å². The minimum atomic E-state index is -0.662. The quantitative estimate of drug-likeness (QED) is 0.274. The van der Waals surface area contributed by atoms with Crippen molar-refractivity contribution in [3.8, 4) is 22.6 Å². The second-order valence-corrected chi connectivity index (χ2v) is 7.47. The van der Waals surface area contributed by atoms with E-state index in [9.17, 15) is 8.78 Å². The van der Waals surface area contributed by atoms with E-state index in [1.807, 2.05) is 24.3 Å². The van der Waals surface area contributed by atoms with Crippen LogP contribution in [0.2, 0.25) is 0 Å². The Labute approximate surface area is 176 Å². The monoisotopic (exact) mass is 407 g/mol. The minimum absolute atomic E-state index is 0.143. The molecular formula is C27H15F2NO. The summed E-state index contributed by atoms with van der Waals surface area (Å²) in [5, 5.41) is 5.15. The smallest absolute Gasteiger partial charge is 0.141 e. The van der Waals surface area contributed by atoms with Gasteiger partial charge < -0.3 is 4.42 Å².